The van der Waals surface area contributed by atoms with Crippen LogP contribution < -0.4 is 0 Å². The van der Waals surface area contributed by atoms with Crippen LogP contribution in [0.5, 0.6) is 0 Å². The van der Waals surface area contributed by atoms with Crippen LogP contribution in [0, 0.1) is 0 Å². The van der Waals surface area contributed by atoms with E-state index in [0.29, 0.717) is 0 Å². The van der Waals surface area contributed by atoms with Gasteiger partial charge >= 0.3 is 11.9 Å². The Bertz CT molecular complexity index is 272. The Kier molecular flexibility index (Phi) is 4.47. The summed E-state index contributed by atoms with van der Waals surface area (Å²) in [5.74, 6) is 0.376. The van der Waals surface area contributed by atoms with Gasteiger partial charge in [0.15, 0.2) is 0 Å². The molecule has 0 unspecified atom stereocenters. The van der Waals surface area contributed by atoms with Crippen molar-refractivity contribution in [3.63, 3.8) is 0 Å². The first kappa shape index (κ1) is 11.6. The molecule has 1 heterocycles. The van der Waals surface area contributed by atoms with Crippen LogP contribution in [-0.2, 0) is 14.3 Å². The Morgan fingerprint density at radius 1 is 1.29 bits per heavy atom. The molecule has 4 nitrogen and oxygen atoms in total. The number of thioether (sulfide) groups is 2. The number of amides is 1. The number of esters is 1. The van der Waals surface area contributed by atoms with Gasteiger partial charge < -0.3 is 4.74 Å². The molecule has 1 rings (SSSR count). The molecule has 1 aliphatic rings. The predicted molar refractivity (Wildman–Crippen MR) is 58.6 cm³/mol. The van der Waals surface area contributed by atoms with Crippen molar-refractivity contribution >= 4 is 41.3 Å². The van der Waals surface area contributed by atoms with Gasteiger partial charge in [-0.3, -0.25) is 4.79 Å². The molecule has 6 heteroatoms. The van der Waals surface area contributed by atoms with Crippen LogP contribution in [0.3, 0.4) is 0 Å². The number of carbonyl (C=O) groups is 2. The Morgan fingerprint density at radius 2 is 1.86 bits per heavy atom. The molecule has 0 aromatic carbocycles. The fraction of sp³-hybridized carbons (Fsp3) is 0.625. The van der Waals surface area contributed by atoms with Crippen LogP contribution >= 0.6 is 23.5 Å². The maximum absolute atomic E-state index is 10.8. The Hall–Kier alpha value is -0.490. The van der Waals surface area contributed by atoms with Crippen molar-refractivity contribution in [3.8, 4) is 0 Å². The SMILES string of the molecule is CCSC(SCC)C1=NC(=O)C(=O)O1. The Balaban J connectivity index is 2.64. The van der Waals surface area contributed by atoms with Gasteiger partial charge in [0, 0.05) is 0 Å². The third kappa shape index (κ3) is 2.75. The minimum Gasteiger partial charge on any atom is -0.402 e. The molecule has 0 fully saturated rings. The number of aliphatic imine (C=N–C) groups is 1. The second-order valence-corrected chi connectivity index (χ2v) is 5.45. The minimum absolute atomic E-state index is 0.0413. The van der Waals surface area contributed by atoms with Crippen molar-refractivity contribution in [3.05, 3.63) is 0 Å². The van der Waals surface area contributed by atoms with E-state index in [0.717, 1.165) is 11.5 Å². The molecule has 0 atom stereocenters. The summed E-state index contributed by atoms with van der Waals surface area (Å²) in [6.07, 6.45) is 0. The van der Waals surface area contributed by atoms with Crippen molar-refractivity contribution in [2.24, 2.45) is 4.99 Å². The van der Waals surface area contributed by atoms with Gasteiger partial charge in [-0.15, -0.1) is 23.5 Å². The standard InChI is InChI=1S/C8H11NO3S2/c1-3-13-8(14-4-2)6-9-5(10)7(11)12-6/h8H,3-4H2,1-2H3. The number of hydrogen-bond donors (Lipinski definition) is 0. The molecule has 0 spiro atoms. The van der Waals surface area contributed by atoms with E-state index in [-0.39, 0.29) is 10.5 Å². The van der Waals surface area contributed by atoms with E-state index in [1.165, 1.54) is 0 Å². The van der Waals surface area contributed by atoms with Gasteiger partial charge in [-0.25, -0.2) is 4.79 Å². The lowest BCUT2D eigenvalue weighted by Gasteiger charge is -2.11. The van der Waals surface area contributed by atoms with Crippen LogP contribution in [0.1, 0.15) is 13.8 Å². The van der Waals surface area contributed by atoms with Crippen LogP contribution in [0.15, 0.2) is 4.99 Å². The molecule has 0 aliphatic carbocycles. The molecular weight excluding hydrogens is 222 g/mol. The molecule has 0 N–H and O–H groups in total. The third-order valence-corrected chi connectivity index (χ3v) is 3.91. The maximum Gasteiger partial charge on any atom is 0.405 e. The first-order valence-corrected chi connectivity index (χ1v) is 6.36. The summed E-state index contributed by atoms with van der Waals surface area (Å²) in [6, 6.07) is 0. The molecule has 78 valence electrons. The largest absolute Gasteiger partial charge is 0.405 e. The summed E-state index contributed by atoms with van der Waals surface area (Å²) in [5.41, 5.74) is 0. The molecule has 0 saturated carbocycles. The topological polar surface area (TPSA) is 55.7 Å². The van der Waals surface area contributed by atoms with Gasteiger partial charge in [0.25, 0.3) is 0 Å². The van der Waals surface area contributed by atoms with Gasteiger partial charge in [0.1, 0.15) is 4.58 Å². The van der Waals surface area contributed by atoms with Crippen LogP contribution in [0.4, 0.5) is 0 Å². The molecule has 1 aliphatic heterocycles. The third-order valence-electron chi connectivity index (χ3n) is 1.42. The molecule has 14 heavy (non-hydrogen) atoms. The number of carbonyl (C=O) groups excluding carboxylic acids is 2. The van der Waals surface area contributed by atoms with Gasteiger partial charge in [-0.05, 0) is 11.5 Å². The van der Waals surface area contributed by atoms with Gasteiger partial charge in [-0.2, -0.15) is 4.99 Å². The fourth-order valence-electron chi connectivity index (χ4n) is 0.901. The average Bonchev–Trinajstić information content (AvgIpc) is 2.47. The lowest BCUT2D eigenvalue weighted by molar-refractivity contribution is -0.145. The van der Waals surface area contributed by atoms with Crippen molar-refractivity contribution in [1.82, 2.24) is 0 Å². The fourth-order valence-corrected chi connectivity index (χ4v) is 3.20. The Morgan fingerprint density at radius 3 is 2.21 bits per heavy atom. The summed E-state index contributed by atoms with van der Waals surface area (Å²) in [7, 11) is 0. The van der Waals surface area contributed by atoms with E-state index < -0.39 is 11.9 Å². The zero-order valence-electron chi connectivity index (χ0n) is 7.98. The van der Waals surface area contributed by atoms with E-state index in [2.05, 4.69) is 4.99 Å². The molecule has 0 bridgehead atoms. The molecular formula is C8H11NO3S2. The molecule has 1 amide bonds. The van der Waals surface area contributed by atoms with E-state index in [4.69, 9.17) is 4.74 Å². The van der Waals surface area contributed by atoms with E-state index in [1.54, 1.807) is 23.5 Å². The minimum atomic E-state index is -0.863. The van der Waals surface area contributed by atoms with E-state index >= 15 is 0 Å². The van der Waals surface area contributed by atoms with Gasteiger partial charge in [0.05, 0.1) is 0 Å². The predicted octanol–water partition coefficient (Wildman–Crippen LogP) is 1.30. The molecule has 0 radical (unpaired) electrons. The highest BCUT2D eigenvalue weighted by Crippen LogP contribution is 2.26. The smallest absolute Gasteiger partial charge is 0.402 e. The highest BCUT2D eigenvalue weighted by Gasteiger charge is 2.31. The number of cyclic esters (lactones) is 1. The zero-order valence-corrected chi connectivity index (χ0v) is 9.61. The lowest BCUT2D eigenvalue weighted by Crippen LogP contribution is -2.16. The maximum atomic E-state index is 10.8. The van der Waals surface area contributed by atoms with E-state index in [9.17, 15) is 9.59 Å². The van der Waals surface area contributed by atoms with Crippen LogP contribution in [-0.4, -0.2) is 33.9 Å². The number of hydrogen-bond acceptors (Lipinski definition) is 5. The van der Waals surface area contributed by atoms with Crippen molar-refractivity contribution < 1.29 is 14.3 Å². The van der Waals surface area contributed by atoms with Crippen molar-refractivity contribution in [2.75, 3.05) is 11.5 Å². The highest BCUT2D eigenvalue weighted by molar-refractivity contribution is 8.18. The zero-order chi connectivity index (χ0) is 10.6. The van der Waals surface area contributed by atoms with Crippen molar-refractivity contribution in [2.45, 2.75) is 18.4 Å². The average molecular weight is 233 g/mol. The summed E-state index contributed by atoms with van der Waals surface area (Å²) < 4.78 is 4.72. The van der Waals surface area contributed by atoms with Crippen LogP contribution in [0.2, 0.25) is 0 Å². The first-order valence-electron chi connectivity index (χ1n) is 4.27. The lowest BCUT2D eigenvalue weighted by atomic mass is 10.7. The Labute approximate surface area is 90.9 Å². The van der Waals surface area contributed by atoms with E-state index in [1.807, 2.05) is 13.8 Å². The summed E-state index contributed by atoms with van der Waals surface area (Å²) in [5, 5.41) is 0. The second kappa shape index (κ2) is 5.41. The normalized spacial score (nSPS) is 16.1. The number of rotatable bonds is 5. The first-order chi connectivity index (χ1) is 6.69. The molecule has 0 aromatic heterocycles. The van der Waals surface area contributed by atoms with Gasteiger partial charge in [0.2, 0.25) is 5.90 Å². The van der Waals surface area contributed by atoms with Crippen molar-refractivity contribution in [1.29, 1.82) is 0 Å². The molecule has 0 aromatic rings. The summed E-state index contributed by atoms with van der Waals surface area (Å²) in [6.45, 7) is 4.01. The second-order valence-electron chi connectivity index (χ2n) is 2.39. The summed E-state index contributed by atoms with van der Waals surface area (Å²) in [4.78, 5) is 25.2. The molecule has 0 saturated heterocycles. The number of nitrogens with zero attached hydrogens (tertiary/aromatic N) is 1. The quantitative estimate of drug-likeness (QED) is 0.407. The highest BCUT2D eigenvalue weighted by atomic mass is 32.2. The number of ether oxygens (including phenoxy) is 1. The van der Waals surface area contributed by atoms with Crippen LogP contribution in [0.25, 0.3) is 0 Å². The van der Waals surface area contributed by atoms with Gasteiger partial charge in [-0.1, -0.05) is 13.8 Å². The summed E-state index contributed by atoms with van der Waals surface area (Å²) >= 11 is 3.21. The monoisotopic (exact) mass is 233 g/mol.